The highest BCUT2D eigenvalue weighted by Crippen LogP contribution is 2.30. The Bertz CT molecular complexity index is 619. The molecule has 0 radical (unpaired) electrons. The van der Waals surface area contributed by atoms with Crippen LogP contribution >= 0.6 is 0 Å². The first-order valence-corrected chi connectivity index (χ1v) is 8.96. The van der Waals surface area contributed by atoms with Crippen molar-refractivity contribution in [3.05, 3.63) is 23.8 Å². The van der Waals surface area contributed by atoms with Crippen LogP contribution in [0.5, 0.6) is 0 Å². The lowest BCUT2D eigenvalue weighted by molar-refractivity contribution is -0.135. The third-order valence-electron chi connectivity index (χ3n) is 5.20. The average molecular weight is 346 g/mol. The molecule has 7 nitrogen and oxygen atoms in total. The topological polar surface area (TPSA) is 75.6 Å². The predicted octanol–water partition coefficient (Wildman–Crippen LogP) is 1.27. The number of likely N-dealkylation sites (tertiary alicyclic amines) is 2. The van der Waals surface area contributed by atoms with Crippen molar-refractivity contribution in [3.63, 3.8) is 0 Å². The zero-order valence-corrected chi connectivity index (χ0v) is 15.0. The van der Waals surface area contributed by atoms with Crippen molar-refractivity contribution in [1.82, 2.24) is 19.8 Å². The molecule has 2 aliphatic heterocycles. The summed E-state index contributed by atoms with van der Waals surface area (Å²) in [7, 11) is 1.66. The van der Waals surface area contributed by atoms with Crippen LogP contribution in [0.2, 0.25) is 0 Å². The quantitative estimate of drug-likeness (QED) is 0.821. The number of aromatic nitrogens is 2. The molecule has 1 aromatic rings. The Morgan fingerprint density at radius 2 is 2.16 bits per heavy atom. The number of rotatable bonds is 4. The number of hydrogen-bond donors (Lipinski definition) is 0. The second-order valence-corrected chi connectivity index (χ2v) is 6.88. The van der Waals surface area contributed by atoms with Crippen molar-refractivity contribution in [2.45, 2.75) is 38.6 Å². The number of carbonyl (C=O) groups is 2. The number of aryl methyl sites for hydroxylation is 1. The maximum Gasteiger partial charge on any atom is 0.274 e. The monoisotopic (exact) mass is 346 g/mol. The standard InChI is InChI=1S/C18H26N4O3/c1-13-10-20-15(11-19-13)18(24)21-7-6-16-14(12-21)4-3-5-17(23)22(16)8-9-25-2/h10-11,14,16H,3-9,12H2,1-2H3/t14-,16+/m0/s1. The molecule has 0 spiro atoms. The fourth-order valence-corrected chi connectivity index (χ4v) is 3.89. The lowest BCUT2D eigenvalue weighted by Gasteiger charge is -2.42. The maximum absolute atomic E-state index is 12.7. The molecule has 0 N–H and O–H groups in total. The normalized spacial score (nSPS) is 24.0. The fraction of sp³-hybridized carbons (Fsp3) is 0.667. The number of fused-ring (bicyclic) bond motifs is 1. The molecule has 0 aromatic carbocycles. The highest BCUT2D eigenvalue weighted by Gasteiger charge is 2.38. The van der Waals surface area contributed by atoms with E-state index in [0.29, 0.717) is 44.3 Å². The number of amides is 2. The molecular formula is C18H26N4O3. The number of methoxy groups -OCH3 is 1. The maximum atomic E-state index is 12.7. The summed E-state index contributed by atoms with van der Waals surface area (Å²) in [5, 5.41) is 0. The number of ether oxygens (including phenoxy) is 1. The zero-order valence-electron chi connectivity index (χ0n) is 15.0. The van der Waals surface area contributed by atoms with Crippen LogP contribution < -0.4 is 0 Å². The van der Waals surface area contributed by atoms with Crippen LogP contribution in [0.1, 0.15) is 41.9 Å². The number of piperidine rings is 1. The van der Waals surface area contributed by atoms with E-state index in [1.54, 1.807) is 19.5 Å². The molecule has 2 aliphatic rings. The predicted molar refractivity (Wildman–Crippen MR) is 92.0 cm³/mol. The van der Waals surface area contributed by atoms with Gasteiger partial charge in [-0.05, 0) is 32.1 Å². The van der Waals surface area contributed by atoms with Gasteiger partial charge in [-0.15, -0.1) is 0 Å². The Morgan fingerprint density at radius 3 is 2.88 bits per heavy atom. The van der Waals surface area contributed by atoms with Gasteiger partial charge in [0.15, 0.2) is 0 Å². The van der Waals surface area contributed by atoms with Crippen molar-refractivity contribution >= 4 is 11.8 Å². The first-order valence-electron chi connectivity index (χ1n) is 8.96. The van der Waals surface area contributed by atoms with Crippen molar-refractivity contribution in [2.75, 3.05) is 33.4 Å². The van der Waals surface area contributed by atoms with Gasteiger partial charge in [0.05, 0.1) is 18.5 Å². The molecule has 0 unspecified atom stereocenters. The number of hydrogen-bond acceptors (Lipinski definition) is 5. The average Bonchev–Trinajstić information content (AvgIpc) is 2.77. The Balaban J connectivity index is 1.70. The van der Waals surface area contributed by atoms with Gasteiger partial charge in [-0.2, -0.15) is 0 Å². The zero-order chi connectivity index (χ0) is 17.8. The van der Waals surface area contributed by atoms with Gasteiger partial charge in [-0.25, -0.2) is 4.98 Å². The van der Waals surface area contributed by atoms with Gasteiger partial charge in [0.2, 0.25) is 5.91 Å². The van der Waals surface area contributed by atoms with Crippen LogP contribution in [-0.2, 0) is 9.53 Å². The minimum Gasteiger partial charge on any atom is -0.383 e. The molecule has 25 heavy (non-hydrogen) atoms. The molecular weight excluding hydrogens is 320 g/mol. The van der Waals surface area contributed by atoms with Gasteiger partial charge in [0, 0.05) is 45.4 Å². The first kappa shape index (κ1) is 17.8. The minimum absolute atomic E-state index is 0.0648. The third kappa shape index (κ3) is 3.98. The lowest BCUT2D eigenvalue weighted by Crippen LogP contribution is -2.53. The van der Waals surface area contributed by atoms with E-state index < -0.39 is 0 Å². The van der Waals surface area contributed by atoms with E-state index in [1.165, 1.54) is 0 Å². The SMILES string of the molecule is COCCN1C(=O)CCC[C@H]2CN(C(=O)c3cnc(C)cn3)CC[C@H]21. The Kier molecular flexibility index (Phi) is 5.63. The summed E-state index contributed by atoms with van der Waals surface area (Å²) in [6, 6.07) is 0.207. The molecule has 2 saturated heterocycles. The van der Waals surface area contributed by atoms with E-state index >= 15 is 0 Å². The highest BCUT2D eigenvalue weighted by atomic mass is 16.5. The molecule has 2 amide bonds. The fourth-order valence-electron chi connectivity index (χ4n) is 3.89. The molecule has 136 valence electrons. The Hall–Kier alpha value is -2.02. The van der Waals surface area contributed by atoms with Crippen LogP contribution in [0.4, 0.5) is 0 Å². The van der Waals surface area contributed by atoms with E-state index in [9.17, 15) is 9.59 Å². The summed E-state index contributed by atoms with van der Waals surface area (Å²) >= 11 is 0. The van der Waals surface area contributed by atoms with Crippen LogP contribution in [0.25, 0.3) is 0 Å². The summed E-state index contributed by atoms with van der Waals surface area (Å²) in [5.41, 5.74) is 1.19. The molecule has 0 saturated carbocycles. The van der Waals surface area contributed by atoms with E-state index in [1.807, 2.05) is 16.7 Å². The molecule has 2 atom stereocenters. The van der Waals surface area contributed by atoms with Crippen molar-refractivity contribution in [3.8, 4) is 0 Å². The number of nitrogens with zero attached hydrogens (tertiary/aromatic N) is 4. The van der Waals surface area contributed by atoms with Gasteiger partial charge < -0.3 is 14.5 Å². The van der Waals surface area contributed by atoms with E-state index in [-0.39, 0.29) is 17.9 Å². The Morgan fingerprint density at radius 1 is 1.32 bits per heavy atom. The minimum atomic E-state index is -0.0648. The summed E-state index contributed by atoms with van der Waals surface area (Å²) in [4.78, 5) is 37.4. The van der Waals surface area contributed by atoms with E-state index in [2.05, 4.69) is 9.97 Å². The van der Waals surface area contributed by atoms with E-state index in [0.717, 1.165) is 25.0 Å². The van der Waals surface area contributed by atoms with Crippen LogP contribution in [0.3, 0.4) is 0 Å². The molecule has 2 fully saturated rings. The van der Waals surface area contributed by atoms with Crippen molar-refractivity contribution in [2.24, 2.45) is 5.92 Å². The highest BCUT2D eigenvalue weighted by molar-refractivity contribution is 5.92. The smallest absolute Gasteiger partial charge is 0.274 e. The summed E-state index contributed by atoms with van der Waals surface area (Å²) in [5.74, 6) is 0.470. The van der Waals surface area contributed by atoms with Gasteiger partial charge >= 0.3 is 0 Å². The van der Waals surface area contributed by atoms with Crippen molar-refractivity contribution < 1.29 is 14.3 Å². The molecule has 0 bridgehead atoms. The first-order chi connectivity index (χ1) is 12.1. The van der Waals surface area contributed by atoms with Gasteiger partial charge in [0.25, 0.3) is 5.91 Å². The molecule has 3 rings (SSSR count). The summed E-state index contributed by atoms with van der Waals surface area (Å²) < 4.78 is 5.17. The van der Waals surface area contributed by atoms with E-state index in [4.69, 9.17) is 4.74 Å². The van der Waals surface area contributed by atoms with Gasteiger partial charge in [-0.3, -0.25) is 14.6 Å². The molecule has 7 heteroatoms. The largest absolute Gasteiger partial charge is 0.383 e. The van der Waals surface area contributed by atoms with Crippen LogP contribution in [0, 0.1) is 12.8 Å². The number of carbonyl (C=O) groups excluding carboxylic acids is 2. The van der Waals surface area contributed by atoms with Gasteiger partial charge in [0.1, 0.15) is 5.69 Å². The third-order valence-corrected chi connectivity index (χ3v) is 5.20. The molecule has 1 aromatic heterocycles. The lowest BCUT2D eigenvalue weighted by atomic mass is 9.88. The van der Waals surface area contributed by atoms with Crippen LogP contribution in [0.15, 0.2) is 12.4 Å². The second kappa shape index (κ2) is 7.91. The molecule has 3 heterocycles. The van der Waals surface area contributed by atoms with Crippen molar-refractivity contribution in [1.29, 1.82) is 0 Å². The Labute approximate surface area is 148 Å². The second-order valence-electron chi connectivity index (χ2n) is 6.88. The summed E-state index contributed by atoms with van der Waals surface area (Å²) in [6.07, 6.45) is 6.43. The van der Waals surface area contributed by atoms with Crippen LogP contribution in [-0.4, -0.2) is 71.0 Å². The molecule has 0 aliphatic carbocycles. The van der Waals surface area contributed by atoms with Gasteiger partial charge in [-0.1, -0.05) is 0 Å². The summed E-state index contributed by atoms with van der Waals surface area (Å²) in [6.45, 7) is 4.36.